The third-order valence-electron chi connectivity index (χ3n) is 3.76. The van der Waals surface area contributed by atoms with Gasteiger partial charge in [0.15, 0.2) is 5.65 Å². The lowest BCUT2D eigenvalue weighted by molar-refractivity contribution is 0.292. The average molecular weight is 292 g/mol. The first kappa shape index (κ1) is 15.8. The van der Waals surface area contributed by atoms with Gasteiger partial charge in [-0.15, -0.1) is 0 Å². The van der Waals surface area contributed by atoms with Crippen LogP contribution in [0.3, 0.4) is 0 Å². The topological polar surface area (TPSA) is 64.9 Å². The van der Waals surface area contributed by atoms with Crippen LogP contribution in [0.4, 0.5) is 5.95 Å². The first-order chi connectivity index (χ1) is 9.85. The zero-order valence-corrected chi connectivity index (χ0v) is 14.1. The van der Waals surface area contributed by atoms with Crippen LogP contribution in [-0.4, -0.2) is 44.9 Å². The Morgan fingerprint density at radius 1 is 1.29 bits per heavy atom. The molecule has 0 aromatic carbocycles. The quantitative estimate of drug-likeness (QED) is 0.887. The van der Waals surface area contributed by atoms with Gasteiger partial charge in [0.1, 0.15) is 5.52 Å². The molecule has 0 aliphatic heterocycles. The number of rotatable bonds is 6. The van der Waals surface area contributed by atoms with Gasteiger partial charge >= 0.3 is 0 Å². The van der Waals surface area contributed by atoms with Crippen molar-refractivity contribution in [1.82, 2.24) is 24.2 Å². The number of anilines is 1. The smallest absolute Gasteiger partial charge is 0.202 e. The number of hydrogen-bond donors (Lipinski definition) is 1. The number of aromatic nitrogens is 4. The Morgan fingerprint density at radius 3 is 2.48 bits per heavy atom. The van der Waals surface area contributed by atoms with E-state index in [4.69, 9.17) is 5.73 Å². The third-order valence-corrected chi connectivity index (χ3v) is 3.76. The number of imidazole rings is 1. The summed E-state index contributed by atoms with van der Waals surface area (Å²) >= 11 is 0. The molecule has 6 heteroatoms. The molecule has 1 atom stereocenters. The van der Waals surface area contributed by atoms with Crippen molar-refractivity contribution >= 4 is 17.1 Å². The molecule has 0 saturated carbocycles. The maximum atomic E-state index is 6.23. The van der Waals surface area contributed by atoms with Crippen molar-refractivity contribution < 1.29 is 0 Å². The highest BCUT2D eigenvalue weighted by Crippen LogP contribution is 2.29. The molecule has 6 nitrogen and oxygen atoms in total. The number of likely N-dealkylation sites (N-methyl/N-ethyl adjacent to an activating group) is 1. The minimum Gasteiger partial charge on any atom is -0.369 e. The number of aryl methyl sites for hydroxylation is 2. The normalized spacial score (nSPS) is 13.7. The number of nitrogens with two attached hydrogens (primary N) is 1. The second-order valence-electron chi connectivity index (χ2n) is 6.46. The van der Waals surface area contributed by atoms with Crippen molar-refractivity contribution in [3.8, 4) is 0 Å². The Morgan fingerprint density at radius 2 is 1.95 bits per heavy atom. The van der Waals surface area contributed by atoms with E-state index in [1.54, 1.807) is 0 Å². The summed E-state index contributed by atoms with van der Waals surface area (Å²) in [6, 6.07) is 0.311. The summed E-state index contributed by atoms with van der Waals surface area (Å²) in [5, 5.41) is 4.57. The van der Waals surface area contributed by atoms with Crippen molar-refractivity contribution in [3.63, 3.8) is 0 Å². The van der Waals surface area contributed by atoms with E-state index < -0.39 is 0 Å². The molecule has 0 fully saturated rings. The molecule has 2 heterocycles. The van der Waals surface area contributed by atoms with Crippen LogP contribution in [0, 0.1) is 12.8 Å². The second-order valence-corrected chi connectivity index (χ2v) is 6.46. The molecule has 2 N–H and O–H groups in total. The summed E-state index contributed by atoms with van der Waals surface area (Å²) in [5.41, 5.74) is 9.17. The van der Waals surface area contributed by atoms with Crippen molar-refractivity contribution in [2.45, 2.75) is 46.7 Å². The maximum Gasteiger partial charge on any atom is 0.202 e. The van der Waals surface area contributed by atoms with Crippen molar-refractivity contribution in [2.75, 3.05) is 26.4 Å². The van der Waals surface area contributed by atoms with Gasteiger partial charge in [-0.2, -0.15) is 5.10 Å². The van der Waals surface area contributed by atoms with E-state index in [1.165, 1.54) is 0 Å². The molecule has 2 rings (SSSR count). The van der Waals surface area contributed by atoms with E-state index in [-0.39, 0.29) is 0 Å². The standard InChI is InChI=1S/C15H28N6/c1-7-20-14-13(11(4)18-20)17-15(16)21(14)12(8-10(2)3)9-19(5)6/h10,12H,7-9H2,1-6H3,(H2,16,17). The summed E-state index contributed by atoms with van der Waals surface area (Å²) in [6.07, 6.45) is 1.07. The van der Waals surface area contributed by atoms with Gasteiger partial charge in [-0.1, -0.05) is 13.8 Å². The largest absolute Gasteiger partial charge is 0.369 e. The molecule has 118 valence electrons. The lowest BCUT2D eigenvalue weighted by atomic mass is 10.0. The fourth-order valence-electron chi connectivity index (χ4n) is 3.01. The lowest BCUT2D eigenvalue weighted by Crippen LogP contribution is -2.27. The zero-order valence-electron chi connectivity index (χ0n) is 14.1. The van der Waals surface area contributed by atoms with Crippen LogP contribution in [-0.2, 0) is 6.54 Å². The van der Waals surface area contributed by atoms with Gasteiger partial charge in [0.05, 0.1) is 11.7 Å². The van der Waals surface area contributed by atoms with Gasteiger partial charge < -0.3 is 10.6 Å². The minimum atomic E-state index is 0.311. The van der Waals surface area contributed by atoms with Crippen LogP contribution in [0.1, 0.15) is 38.9 Å². The minimum absolute atomic E-state index is 0.311. The van der Waals surface area contributed by atoms with E-state index in [0.717, 1.165) is 36.4 Å². The van der Waals surface area contributed by atoms with Crippen molar-refractivity contribution in [1.29, 1.82) is 0 Å². The Bertz CT molecular complexity index is 597. The average Bonchev–Trinajstić information content (AvgIpc) is 2.84. The molecule has 0 radical (unpaired) electrons. The summed E-state index contributed by atoms with van der Waals surface area (Å²) in [7, 11) is 4.19. The zero-order chi connectivity index (χ0) is 15.7. The Balaban J connectivity index is 2.57. The number of nitrogens with zero attached hydrogens (tertiary/aromatic N) is 5. The van der Waals surface area contributed by atoms with Gasteiger partial charge in [-0.3, -0.25) is 4.57 Å². The number of hydrogen-bond acceptors (Lipinski definition) is 4. The Kier molecular flexibility index (Phi) is 4.56. The monoisotopic (exact) mass is 292 g/mol. The molecule has 0 saturated heterocycles. The van der Waals surface area contributed by atoms with E-state index in [0.29, 0.717) is 17.9 Å². The van der Waals surface area contributed by atoms with Crippen LogP contribution < -0.4 is 5.73 Å². The maximum absolute atomic E-state index is 6.23. The van der Waals surface area contributed by atoms with E-state index in [9.17, 15) is 0 Å². The molecule has 0 aliphatic rings. The highest BCUT2D eigenvalue weighted by Gasteiger charge is 2.23. The second kappa shape index (κ2) is 6.05. The predicted molar refractivity (Wildman–Crippen MR) is 87.4 cm³/mol. The molecule has 0 bridgehead atoms. The Hall–Kier alpha value is -1.56. The van der Waals surface area contributed by atoms with Crippen molar-refractivity contribution in [2.24, 2.45) is 5.92 Å². The number of nitrogen functional groups attached to an aromatic ring is 1. The molecule has 0 spiro atoms. The van der Waals surface area contributed by atoms with Gasteiger partial charge in [0, 0.05) is 13.1 Å². The molecule has 2 aromatic heterocycles. The van der Waals surface area contributed by atoms with Crippen molar-refractivity contribution in [3.05, 3.63) is 5.69 Å². The van der Waals surface area contributed by atoms with E-state index in [2.05, 4.69) is 54.4 Å². The van der Waals surface area contributed by atoms with Gasteiger partial charge in [0.2, 0.25) is 5.95 Å². The lowest BCUT2D eigenvalue weighted by Gasteiger charge is -2.25. The summed E-state index contributed by atoms with van der Waals surface area (Å²) < 4.78 is 4.19. The fraction of sp³-hybridized carbons (Fsp3) is 0.733. The van der Waals surface area contributed by atoms with Crippen LogP contribution in [0.2, 0.25) is 0 Å². The van der Waals surface area contributed by atoms with Crippen LogP contribution in [0.15, 0.2) is 0 Å². The molecule has 0 amide bonds. The predicted octanol–water partition coefficient (Wildman–Crippen LogP) is 2.29. The molecule has 0 aliphatic carbocycles. The SMILES string of the molecule is CCn1nc(C)c2nc(N)n(C(CC(C)C)CN(C)C)c21. The molecule has 21 heavy (non-hydrogen) atoms. The molecule has 1 unspecified atom stereocenters. The fourth-order valence-corrected chi connectivity index (χ4v) is 3.01. The summed E-state index contributed by atoms with van der Waals surface area (Å²) in [6.45, 7) is 10.4. The first-order valence-electron chi connectivity index (χ1n) is 7.70. The third kappa shape index (κ3) is 3.05. The van der Waals surface area contributed by atoms with Crippen LogP contribution >= 0.6 is 0 Å². The van der Waals surface area contributed by atoms with Gasteiger partial charge in [0.25, 0.3) is 0 Å². The first-order valence-corrected chi connectivity index (χ1v) is 7.70. The summed E-state index contributed by atoms with van der Waals surface area (Å²) in [5.74, 6) is 1.20. The number of fused-ring (bicyclic) bond motifs is 1. The van der Waals surface area contributed by atoms with Gasteiger partial charge in [-0.25, -0.2) is 9.67 Å². The highest BCUT2D eigenvalue weighted by molar-refractivity contribution is 5.77. The van der Waals surface area contributed by atoms with Crippen LogP contribution in [0.5, 0.6) is 0 Å². The molecular formula is C15H28N6. The van der Waals surface area contributed by atoms with E-state index in [1.807, 2.05) is 11.6 Å². The summed E-state index contributed by atoms with van der Waals surface area (Å²) in [4.78, 5) is 6.76. The van der Waals surface area contributed by atoms with E-state index >= 15 is 0 Å². The highest BCUT2D eigenvalue weighted by atomic mass is 15.4. The van der Waals surface area contributed by atoms with Crippen LogP contribution in [0.25, 0.3) is 11.2 Å². The molecule has 2 aromatic rings. The van der Waals surface area contributed by atoms with Gasteiger partial charge in [-0.05, 0) is 40.3 Å². The Labute approximate surface area is 126 Å². The molecular weight excluding hydrogens is 264 g/mol.